The fourth-order valence-corrected chi connectivity index (χ4v) is 2.23. The molecule has 0 heterocycles. The average molecular weight is 257 g/mol. The van der Waals surface area contributed by atoms with Gasteiger partial charge in [0.15, 0.2) is 9.84 Å². The normalized spacial score (nSPS) is 11.3. The summed E-state index contributed by atoms with van der Waals surface area (Å²) in [5, 5.41) is 0. The summed E-state index contributed by atoms with van der Waals surface area (Å²) in [6.07, 6.45) is 3.54. The molecule has 0 atom stereocenters. The smallest absolute Gasteiger partial charge is 0.175 e. The molecule has 0 aliphatic carbocycles. The fraction of sp³-hybridized carbons (Fsp3) is 0.364. The van der Waals surface area contributed by atoms with Gasteiger partial charge in [-0.05, 0) is 37.0 Å². The lowest BCUT2D eigenvalue weighted by molar-refractivity contribution is 0.601. The summed E-state index contributed by atoms with van der Waals surface area (Å²) in [7, 11) is -3.12. The first-order chi connectivity index (χ1) is 7.39. The second-order valence-corrected chi connectivity index (χ2v) is 6.28. The summed E-state index contributed by atoms with van der Waals surface area (Å²) in [6.45, 7) is 0. The lowest BCUT2D eigenvalue weighted by Crippen LogP contribution is -2.07. The summed E-state index contributed by atoms with van der Waals surface area (Å²) in [4.78, 5) is 0.861. The summed E-state index contributed by atoms with van der Waals surface area (Å²) in [6, 6.07) is 6.97. The molecule has 5 heteroatoms. The van der Waals surface area contributed by atoms with E-state index in [0.717, 1.165) is 18.4 Å². The predicted octanol–water partition coefficient (Wildman–Crippen LogP) is 1.70. The van der Waals surface area contributed by atoms with Crippen LogP contribution in [0.3, 0.4) is 0 Å². The minimum absolute atomic E-state index is 0.361. The van der Waals surface area contributed by atoms with Crippen LogP contribution in [0.5, 0.6) is 0 Å². The van der Waals surface area contributed by atoms with E-state index in [-0.39, 0.29) is 0 Å². The topological polar surface area (TPSA) is 60.2 Å². The third kappa shape index (κ3) is 4.28. The maximum absolute atomic E-state index is 11.3. The van der Waals surface area contributed by atoms with Gasteiger partial charge in [0, 0.05) is 6.26 Å². The summed E-state index contributed by atoms with van der Waals surface area (Å²) in [5.41, 5.74) is 6.39. The van der Waals surface area contributed by atoms with Crippen LogP contribution >= 0.6 is 12.2 Å². The van der Waals surface area contributed by atoms with Gasteiger partial charge in [-0.3, -0.25) is 0 Å². The molecule has 16 heavy (non-hydrogen) atoms. The van der Waals surface area contributed by atoms with Crippen molar-refractivity contribution in [3.8, 4) is 0 Å². The first-order valence-electron chi connectivity index (χ1n) is 4.97. The van der Waals surface area contributed by atoms with Gasteiger partial charge < -0.3 is 5.73 Å². The van der Waals surface area contributed by atoms with E-state index in [1.807, 2.05) is 6.07 Å². The molecule has 1 aromatic rings. The van der Waals surface area contributed by atoms with Crippen molar-refractivity contribution in [1.82, 2.24) is 0 Å². The molecule has 0 saturated heterocycles. The Kier molecular flexibility index (Phi) is 4.44. The molecule has 0 aliphatic rings. The van der Waals surface area contributed by atoms with E-state index in [1.165, 1.54) is 6.26 Å². The quantitative estimate of drug-likeness (QED) is 0.816. The van der Waals surface area contributed by atoms with Crippen molar-refractivity contribution in [2.75, 3.05) is 6.26 Å². The summed E-state index contributed by atoms with van der Waals surface area (Å²) < 4.78 is 22.7. The maximum Gasteiger partial charge on any atom is 0.175 e. The zero-order valence-corrected chi connectivity index (χ0v) is 10.8. The minimum Gasteiger partial charge on any atom is -0.393 e. The van der Waals surface area contributed by atoms with Crippen molar-refractivity contribution >= 4 is 27.0 Å². The third-order valence-corrected chi connectivity index (χ3v) is 3.53. The van der Waals surface area contributed by atoms with E-state index < -0.39 is 9.84 Å². The number of thiocarbonyl (C=S) groups is 1. The Morgan fingerprint density at radius 1 is 1.44 bits per heavy atom. The van der Waals surface area contributed by atoms with Gasteiger partial charge in [-0.25, -0.2) is 8.42 Å². The number of hydrogen-bond donors (Lipinski definition) is 1. The molecule has 88 valence electrons. The van der Waals surface area contributed by atoms with Gasteiger partial charge in [0.2, 0.25) is 0 Å². The number of benzene rings is 1. The maximum atomic E-state index is 11.3. The van der Waals surface area contributed by atoms with Gasteiger partial charge >= 0.3 is 0 Å². The standard InChI is InChI=1S/C11H15NO2S2/c1-16(13,14)10-6-2-4-9(8-10)5-3-7-11(12)15/h2,4,6,8H,3,5,7H2,1H3,(H2,12,15). The van der Waals surface area contributed by atoms with Crippen LogP contribution in [0.1, 0.15) is 18.4 Å². The molecular weight excluding hydrogens is 242 g/mol. The Hall–Kier alpha value is -0.940. The van der Waals surface area contributed by atoms with Gasteiger partial charge in [-0.2, -0.15) is 0 Å². The van der Waals surface area contributed by atoms with Crippen LogP contribution < -0.4 is 5.73 Å². The van der Waals surface area contributed by atoms with Crippen molar-refractivity contribution in [2.24, 2.45) is 5.73 Å². The van der Waals surface area contributed by atoms with Crippen LogP contribution in [0, 0.1) is 0 Å². The third-order valence-electron chi connectivity index (χ3n) is 2.22. The molecule has 1 aromatic carbocycles. The Morgan fingerprint density at radius 3 is 2.69 bits per heavy atom. The van der Waals surface area contributed by atoms with E-state index in [1.54, 1.807) is 18.2 Å². The predicted molar refractivity (Wildman–Crippen MR) is 69.3 cm³/mol. The molecule has 0 aromatic heterocycles. The van der Waals surface area contributed by atoms with Crippen molar-refractivity contribution < 1.29 is 8.42 Å². The highest BCUT2D eigenvalue weighted by Crippen LogP contribution is 2.13. The molecular formula is C11H15NO2S2. The highest BCUT2D eigenvalue weighted by Gasteiger charge is 2.06. The molecule has 0 unspecified atom stereocenters. The first-order valence-corrected chi connectivity index (χ1v) is 7.27. The lowest BCUT2D eigenvalue weighted by atomic mass is 10.1. The van der Waals surface area contributed by atoms with E-state index in [9.17, 15) is 8.42 Å². The number of aryl methyl sites for hydroxylation is 1. The molecule has 0 radical (unpaired) electrons. The van der Waals surface area contributed by atoms with Crippen molar-refractivity contribution in [3.05, 3.63) is 29.8 Å². The molecule has 0 saturated carbocycles. The van der Waals surface area contributed by atoms with Crippen LogP contribution in [0.2, 0.25) is 0 Å². The number of hydrogen-bond acceptors (Lipinski definition) is 3. The highest BCUT2D eigenvalue weighted by atomic mass is 32.2. The molecule has 0 fully saturated rings. The zero-order valence-electron chi connectivity index (χ0n) is 9.14. The van der Waals surface area contributed by atoms with E-state index >= 15 is 0 Å². The van der Waals surface area contributed by atoms with Crippen molar-refractivity contribution in [3.63, 3.8) is 0 Å². The van der Waals surface area contributed by atoms with E-state index in [2.05, 4.69) is 0 Å². The zero-order chi connectivity index (χ0) is 12.2. The second kappa shape index (κ2) is 5.41. The minimum atomic E-state index is -3.12. The van der Waals surface area contributed by atoms with Crippen LogP contribution in [-0.2, 0) is 16.3 Å². The van der Waals surface area contributed by atoms with Gasteiger partial charge in [-0.15, -0.1) is 0 Å². The molecule has 0 amide bonds. The monoisotopic (exact) mass is 257 g/mol. The summed E-state index contributed by atoms with van der Waals surface area (Å²) >= 11 is 4.78. The fourth-order valence-electron chi connectivity index (χ4n) is 1.40. The van der Waals surface area contributed by atoms with Crippen LogP contribution in [0.4, 0.5) is 0 Å². The first kappa shape index (κ1) is 13.1. The molecule has 3 nitrogen and oxygen atoms in total. The van der Waals surface area contributed by atoms with Gasteiger partial charge in [-0.1, -0.05) is 24.4 Å². The highest BCUT2D eigenvalue weighted by molar-refractivity contribution is 7.90. The Balaban J connectivity index is 2.72. The average Bonchev–Trinajstić information content (AvgIpc) is 2.16. The lowest BCUT2D eigenvalue weighted by Gasteiger charge is -2.03. The van der Waals surface area contributed by atoms with Crippen LogP contribution in [0.15, 0.2) is 29.2 Å². The Labute approximate surface area is 102 Å². The Bertz CT molecular complexity index is 481. The Morgan fingerprint density at radius 2 is 2.12 bits per heavy atom. The van der Waals surface area contributed by atoms with E-state index in [4.69, 9.17) is 18.0 Å². The SMILES string of the molecule is CS(=O)(=O)c1cccc(CCCC(N)=S)c1. The van der Waals surface area contributed by atoms with Gasteiger partial charge in [0.25, 0.3) is 0 Å². The number of rotatable bonds is 5. The summed E-state index contributed by atoms with van der Waals surface area (Å²) in [5.74, 6) is 0. The molecule has 2 N–H and O–H groups in total. The number of sulfone groups is 1. The molecule has 0 bridgehead atoms. The van der Waals surface area contributed by atoms with Crippen molar-refractivity contribution in [2.45, 2.75) is 24.2 Å². The molecule has 0 spiro atoms. The van der Waals surface area contributed by atoms with Crippen LogP contribution in [-0.4, -0.2) is 19.7 Å². The van der Waals surface area contributed by atoms with E-state index in [0.29, 0.717) is 16.3 Å². The molecule has 1 rings (SSSR count). The van der Waals surface area contributed by atoms with Gasteiger partial charge in [0.1, 0.15) is 0 Å². The molecule has 0 aliphatic heterocycles. The van der Waals surface area contributed by atoms with Crippen LogP contribution in [0.25, 0.3) is 0 Å². The van der Waals surface area contributed by atoms with Crippen molar-refractivity contribution in [1.29, 1.82) is 0 Å². The number of nitrogens with two attached hydrogens (primary N) is 1. The largest absolute Gasteiger partial charge is 0.393 e. The second-order valence-electron chi connectivity index (χ2n) is 3.74. The van der Waals surface area contributed by atoms with Gasteiger partial charge in [0.05, 0.1) is 9.88 Å².